The lowest BCUT2D eigenvalue weighted by Crippen LogP contribution is -2.08. The number of aliphatic hydroxyl groups is 1. The van der Waals surface area contributed by atoms with E-state index in [0.29, 0.717) is 16.1 Å². The fourth-order valence-electron chi connectivity index (χ4n) is 2.32. The number of halogens is 1. The second-order valence-electron chi connectivity index (χ2n) is 4.85. The van der Waals surface area contributed by atoms with Crippen LogP contribution in [-0.2, 0) is 4.79 Å². The number of benzene rings is 2. The number of carbonyl (C=O) groups is 2. The largest absolute Gasteiger partial charge is 0.506 e. The SMILES string of the molecule is O=C(/C=C/c1ccc(Cl)cc1)C1=C(O)c2ccccc2C1=O. The van der Waals surface area contributed by atoms with Crippen molar-refractivity contribution in [2.75, 3.05) is 0 Å². The number of carbonyl (C=O) groups excluding carboxylic acids is 2. The van der Waals surface area contributed by atoms with Gasteiger partial charge in [0.1, 0.15) is 11.3 Å². The Kier molecular flexibility index (Phi) is 3.65. The second-order valence-corrected chi connectivity index (χ2v) is 5.28. The van der Waals surface area contributed by atoms with E-state index in [1.54, 1.807) is 54.6 Å². The van der Waals surface area contributed by atoms with Gasteiger partial charge in [-0.1, -0.05) is 54.1 Å². The molecule has 0 aliphatic heterocycles. The number of aliphatic hydroxyl groups excluding tert-OH is 1. The maximum Gasteiger partial charge on any atom is 0.201 e. The molecule has 0 aromatic heterocycles. The zero-order chi connectivity index (χ0) is 15.7. The van der Waals surface area contributed by atoms with E-state index in [1.165, 1.54) is 6.08 Å². The minimum Gasteiger partial charge on any atom is -0.506 e. The molecule has 0 radical (unpaired) electrons. The number of rotatable bonds is 3. The fraction of sp³-hybridized carbons (Fsp3) is 0. The van der Waals surface area contributed by atoms with Crippen LogP contribution in [0.25, 0.3) is 11.8 Å². The Labute approximate surface area is 132 Å². The van der Waals surface area contributed by atoms with Crippen LogP contribution in [0.2, 0.25) is 5.02 Å². The molecule has 0 bridgehead atoms. The fourth-order valence-corrected chi connectivity index (χ4v) is 2.45. The number of ketones is 2. The summed E-state index contributed by atoms with van der Waals surface area (Å²) in [4.78, 5) is 24.4. The molecule has 0 atom stereocenters. The van der Waals surface area contributed by atoms with Crippen LogP contribution >= 0.6 is 11.6 Å². The van der Waals surface area contributed by atoms with E-state index >= 15 is 0 Å². The summed E-state index contributed by atoms with van der Waals surface area (Å²) in [6, 6.07) is 13.5. The van der Waals surface area contributed by atoms with Gasteiger partial charge >= 0.3 is 0 Å². The Hall–Kier alpha value is -2.65. The third-order valence-electron chi connectivity index (χ3n) is 3.43. The highest BCUT2D eigenvalue weighted by Crippen LogP contribution is 2.31. The summed E-state index contributed by atoms with van der Waals surface area (Å²) in [6.07, 6.45) is 2.85. The molecule has 1 aliphatic rings. The Morgan fingerprint density at radius 1 is 1.00 bits per heavy atom. The molecule has 2 aromatic rings. The number of fused-ring (bicyclic) bond motifs is 1. The molecule has 0 amide bonds. The lowest BCUT2D eigenvalue weighted by Gasteiger charge is -1.97. The van der Waals surface area contributed by atoms with Crippen LogP contribution in [0, 0.1) is 0 Å². The quantitative estimate of drug-likeness (QED) is 0.686. The van der Waals surface area contributed by atoms with Crippen molar-refractivity contribution in [3.63, 3.8) is 0 Å². The second kappa shape index (κ2) is 5.62. The van der Waals surface area contributed by atoms with Gasteiger partial charge in [0.05, 0.1) is 0 Å². The first-order valence-corrected chi connectivity index (χ1v) is 7.01. The average Bonchev–Trinajstić information content (AvgIpc) is 2.79. The lowest BCUT2D eigenvalue weighted by molar-refractivity contribution is -0.110. The van der Waals surface area contributed by atoms with Crippen LogP contribution < -0.4 is 0 Å². The molecular weight excluding hydrogens is 300 g/mol. The van der Waals surface area contributed by atoms with Crippen molar-refractivity contribution in [2.45, 2.75) is 0 Å². The highest BCUT2D eigenvalue weighted by Gasteiger charge is 2.32. The number of hydrogen-bond acceptors (Lipinski definition) is 3. The monoisotopic (exact) mass is 310 g/mol. The Morgan fingerprint density at radius 3 is 2.27 bits per heavy atom. The summed E-state index contributed by atoms with van der Waals surface area (Å²) in [5.41, 5.74) is 1.34. The molecule has 1 N–H and O–H groups in total. The van der Waals surface area contributed by atoms with E-state index in [9.17, 15) is 14.7 Å². The molecular formula is C18H11ClO3. The summed E-state index contributed by atoms with van der Waals surface area (Å²) >= 11 is 5.79. The van der Waals surface area contributed by atoms with Crippen molar-refractivity contribution in [3.05, 3.63) is 81.9 Å². The standard InChI is InChI=1S/C18H11ClO3/c19-12-8-5-11(6-9-12)7-10-15(20)16-17(21)13-3-1-2-4-14(13)18(16)22/h1-10,21H/b10-7+. The van der Waals surface area contributed by atoms with Gasteiger partial charge in [0.15, 0.2) is 5.78 Å². The Morgan fingerprint density at radius 2 is 1.64 bits per heavy atom. The molecule has 4 heteroatoms. The first-order valence-electron chi connectivity index (χ1n) is 6.63. The van der Waals surface area contributed by atoms with Crippen LogP contribution in [0.5, 0.6) is 0 Å². The topological polar surface area (TPSA) is 54.4 Å². The smallest absolute Gasteiger partial charge is 0.201 e. The molecule has 22 heavy (non-hydrogen) atoms. The van der Waals surface area contributed by atoms with Crippen molar-refractivity contribution < 1.29 is 14.7 Å². The third-order valence-corrected chi connectivity index (χ3v) is 3.69. The van der Waals surface area contributed by atoms with Gasteiger partial charge in [-0.2, -0.15) is 0 Å². The van der Waals surface area contributed by atoms with E-state index in [0.717, 1.165) is 5.56 Å². The molecule has 0 heterocycles. The Balaban J connectivity index is 1.89. The summed E-state index contributed by atoms with van der Waals surface area (Å²) in [5, 5.41) is 10.7. The number of allylic oxidation sites excluding steroid dienone is 2. The van der Waals surface area contributed by atoms with Gasteiger partial charge in [0.2, 0.25) is 5.78 Å². The molecule has 3 nitrogen and oxygen atoms in total. The molecule has 108 valence electrons. The predicted octanol–water partition coefficient (Wildman–Crippen LogP) is 4.09. The number of hydrogen-bond donors (Lipinski definition) is 1. The molecule has 0 saturated heterocycles. The van der Waals surface area contributed by atoms with Crippen LogP contribution in [0.4, 0.5) is 0 Å². The minimum absolute atomic E-state index is 0.189. The summed E-state index contributed by atoms with van der Waals surface area (Å²) in [5.74, 6) is -1.22. The van der Waals surface area contributed by atoms with Gasteiger partial charge in [0.25, 0.3) is 0 Å². The van der Waals surface area contributed by atoms with Gasteiger partial charge in [0, 0.05) is 16.1 Å². The van der Waals surface area contributed by atoms with Crippen molar-refractivity contribution in [1.29, 1.82) is 0 Å². The highest BCUT2D eigenvalue weighted by atomic mass is 35.5. The maximum atomic E-state index is 12.2. The van der Waals surface area contributed by atoms with Crippen molar-refractivity contribution in [2.24, 2.45) is 0 Å². The summed E-state index contributed by atoms with van der Waals surface area (Å²) in [7, 11) is 0. The zero-order valence-electron chi connectivity index (χ0n) is 11.4. The van der Waals surface area contributed by atoms with E-state index in [4.69, 9.17) is 11.6 Å². The van der Waals surface area contributed by atoms with Crippen LogP contribution in [0.3, 0.4) is 0 Å². The van der Waals surface area contributed by atoms with E-state index in [2.05, 4.69) is 0 Å². The van der Waals surface area contributed by atoms with Crippen LogP contribution in [-0.4, -0.2) is 16.7 Å². The van der Waals surface area contributed by atoms with Crippen molar-refractivity contribution in [3.8, 4) is 0 Å². The van der Waals surface area contributed by atoms with E-state index in [-0.39, 0.29) is 11.3 Å². The molecule has 0 unspecified atom stereocenters. The summed E-state index contributed by atoms with van der Waals surface area (Å²) < 4.78 is 0. The normalized spacial score (nSPS) is 13.8. The van der Waals surface area contributed by atoms with Gasteiger partial charge in [-0.15, -0.1) is 0 Å². The maximum absolute atomic E-state index is 12.2. The van der Waals surface area contributed by atoms with Gasteiger partial charge in [-0.05, 0) is 23.8 Å². The molecule has 0 saturated carbocycles. The molecule has 0 fully saturated rings. The molecule has 1 aliphatic carbocycles. The van der Waals surface area contributed by atoms with Gasteiger partial charge < -0.3 is 5.11 Å². The van der Waals surface area contributed by atoms with Gasteiger partial charge in [-0.3, -0.25) is 9.59 Å². The van der Waals surface area contributed by atoms with Crippen molar-refractivity contribution in [1.82, 2.24) is 0 Å². The molecule has 3 rings (SSSR count). The van der Waals surface area contributed by atoms with Gasteiger partial charge in [-0.25, -0.2) is 0 Å². The molecule has 0 spiro atoms. The minimum atomic E-state index is -0.520. The number of Topliss-reactive ketones (excluding diaryl/α,β-unsaturated/α-hetero) is 1. The highest BCUT2D eigenvalue weighted by molar-refractivity contribution is 6.37. The Bertz CT molecular complexity index is 830. The van der Waals surface area contributed by atoms with E-state index < -0.39 is 11.6 Å². The lowest BCUT2D eigenvalue weighted by atomic mass is 10.1. The zero-order valence-corrected chi connectivity index (χ0v) is 12.2. The van der Waals surface area contributed by atoms with Crippen LogP contribution in [0.1, 0.15) is 21.5 Å². The van der Waals surface area contributed by atoms with Crippen LogP contribution in [0.15, 0.2) is 60.2 Å². The molecule has 2 aromatic carbocycles. The third kappa shape index (κ3) is 2.47. The van der Waals surface area contributed by atoms with Crippen molar-refractivity contribution >= 4 is 35.0 Å². The average molecular weight is 311 g/mol. The first kappa shape index (κ1) is 14.3. The van der Waals surface area contributed by atoms with E-state index in [1.807, 2.05) is 0 Å². The summed E-state index contributed by atoms with van der Waals surface area (Å²) in [6.45, 7) is 0. The predicted molar refractivity (Wildman–Crippen MR) is 85.8 cm³/mol. The first-order chi connectivity index (χ1) is 10.6.